The average molecular weight is 336 g/mol. The monoisotopic (exact) mass is 335 g/mol. The highest BCUT2D eigenvalue weighted by Gasteiger charge is 2.44. The average Bonchev–Trinajstić information content (AvgIpc) is 3.13. The van der Waals surface area contributed by atoms with E-state index in [-0.39, 0.29) is 18.4 Å². The highest BCUT2D eigenvalue weighted by atomic mass is 35.5. The van der Waals surface area contributed by atoms with Gasteiger partial charge in [-0.1, -0.05) is 11.6 Å². The smallest absolute Gasteiger partial charge is 0.332 e. The highest BCUT2D eigenvalue weighted by molar-refractivity contribution is 6.30. The molecule has 2 aliphatic rings. The van der Waals surface area contributed by atoms with Crippen LogP contribution in [0.4, 0.5) is 10.5 Å². The zero-order valence-corrected chi connectivity index (χ0v) is 13.6. The molecule has 0 spiro atoms. The van der Waals surface area contributed by atoms with E-state index >= 15 is 0 Å². The van der Waals surface area contributed by atoms with Gasteiger partial charge < -0.3 is 4.90 Å². The van der Waals surface area contributed by atoms with Gasteiger partial charge in [0.25, 0.3) is 5.91 Å². The van der Waals surface area contributed by atoms with E-state index in [4.69, 9.17) is 11.6 Å². The molecule has 7 heteroatoms. The number of carbonyl (C=O) groups is 3. The summed E-state index contributed by atoms with van der Waals surface area (Å²) in [5.41, 5.74) is 0.594. The van der Waals surface area contributed by atoms with Crippen molar-refractivity contribution in [2.45, 2.75) is 25.8 Å². The van der Waals surface area contributed by atoms with Gasteiger partial charge in [-0.05, 0) is 44.0 Å². The molecule has 3 rings (SSSR count). The van der Waals surface area contributed by atoms with E-state index in [1.807, 2.05) is 0 Å². The Kier molecular flexibility index (Phi) is 4.26. The van der Waals surface area contributed by atoms with Gasteiger partial charge in [-0.25, -0.2) is 4.79 Å². The summed E-state index contributed by atoms with van der Waals surface area (Å²) in [5, 5.41) is 0.556. The third-order valence-electron chi connectivity index (χ3n) is 4.30. The Hall–Kier alpha value is -2.08. The summed E-state index contributed by atoms with van der Waals surface area (Å²) in [6.45, 7) is 2.87. The lowest BCUT2D eigenvalue weighted by Crippen LogP contribution is -2.42. The van der Waals surface area contributed by atoms with E-state index in [0.29, 0.717) is 23.8 Å². The number of anilines is 1. The van der Waals surface area contributed by atoms with Crippen molar-refractivity contribution in [3.63, 3.8) is 0 Å². The standard InChI is InChI=1S/C16H18ClN3O3/c1-11-15(22)19(10-14(21)18-8-2-3-9-18)16(23)20(11)13-6-4-12(17)5-7-13/h4-7,11H,2-3,8-10H2,1H3. The predicted molar refractivity (Wildman–Crippen MR) is 86.3 cm³/mol. The molecule has 2 saturated heterocycles. The lowest BCUT2D eigenvalue weighted by atomic mass is 10.2. The number of urea groups is 1. The number of amides is 4. The van der Waals surface area contributed by atoms with Crippen molar-refractivity contribution in [2.75, 3.05) is 24.5 Å². The molecular weight excluding hydrogens is 318 g/mol. The first-order valence-corrected chi connectivity index (χ1v) is 8.05. The van der Waals surface area contributed by atoms with Crippen LogP contribution in [-0.4, -0.2) is 53.3 Å². The highest BCUT2D eigenvalue weighted by Crippen LogP contribution is 2.27. The summed E-state index contributed by atoms with van der Waals surface area (Å²) in [7, 11) is 0. The van der Waals surface area contributed by atoms with E-state index < -0.39 is 12.1 Å². The van der Waals surface area contributed by atoms with Gasteiger partial charge in [-0.15, -0.1) is 0 Å². The molecule has 4 amide bonds. The SMILES string of the molecule is CC1C(=O)N(CC(=O)N2CCCC2)C(=O)N1c1ccc(Cl)cc1. The van der Waals surface area contributed by atoms with Crippen LogP contribution in [-0.2, 0) is 9.59 Å². The molecule has 2 heterocycles. The Bertz CT molecular complexity index is 640. The van der Waals surface area contributed by atoms with Crippen LogP contribution in [0.3, 0.4) is 0 Å². The molecule has 0 aliphatic carbocycles. The van der Waals surface area contributed by atoms with Crippen LogP contribution in [0.2, 0.25) is 5.02 Å². The van der Waals surface area contributed by atoms with Gasteiger partial charge in [0, 0.05) is 23.8 Å². The van der Waals surface area contributed by atoms with Crippen LogP contribution in [0.1, 0.15) is 19.8 Å². The van der Waals surface area contributed by atoms with Gasteiger partial charge in [0.05, 0.1) is 0 Å². The quantitative estimate of drug-likeness (QED) is 0.795. The molecule has 0 aromatic heterocycles. The molecule has 6 nitrogen and oxygen atoms in total. The van der Waals surface area contributed by atoms with Crippen molar-refractivity contribution in [1.29, 1.82) is 0 Å². The lowest BCUT2D eigenvalue weighted by Gasteiger charge is -2.21. The van der Waals surface area contributed by atoms with Crippen molar-refractivity contribution >= 4 is 35.1 Å². The number of benzene rings is 1. The Morgan fingerprint density at radius 2 is 1.78 bits per heavy atom. The summed E-state index contributed by atoms with van der Waals surface area (Å²) in [6, 6.07) is 5.62. The van der Waals surface area contributed by atoms with Gasteiger partial charge in [0.2, 0.25) is 5.91 Å². The molecule has 1 unspecified atom stereocenters. The van der Waals surface area contributed by atoms with E-state index in [9.17, 15) is 14.4 Å². The summed E-state index contributed by atoms with van der Waals surface area (Å²) >= 11 is 5.86. The van der Waals surface area contributed by atoms with Crippen LogP contribution in [0.5, 0.6) is 0 Å². The molecule has 0 N–H and O–H groups in total. The third kappa shape index (κ3) is 2.91. The van der Waals surface area contributed by atoms with Crippen LogP contribution in [0, 0.1) is 0 Å². The predicted octanol–water partition coefficient (Wildman–Crippen LogP) is 2.12. The number of halogens is 1. The Morgan fingerprint density at radius 1 is 1.17 bits per heavy atom. The minimum atomic E-state index is -0.630. The molecule has 1 aromatic carbocycles. The van der Waals surface area contributed by atoms with E-state index in [1.165, 1.54) is 4.90 Å². The fourth-order valence-corrected chi connectivity index (χ4v) is 3.14. The Labute approximate surface area is 139 Å². The van der Waals surface area contributed by atoms with Gasteiger partial charge >= 0.3 is 6.03 Å². The lowest BCUT2D eigenvalue weighted by molar-refractivity contribution is -0.136. The van der Waals surface area contributed by atoms with Crippen LogP contribution in [0.25, 0.3) is 0 Å². The zero-order chi connectivity index (χ0) is 16.6. The van der Waals surface area contributed by atoms with Crippen LogP contribution >= 0.6 is 11.6 Å². The number of nitrogens with zero attached hydrogens (tertiary/aromatic N) is 3. The van der Waals surface area contributed by atoms with Gasteiger partial charge in [-0.2, -0.15) is 0 Å². The molecule has 0 bridgehead atoms. The number of hydrogen-bond donors (Lipinski definition) is 0. The van der Waals surface area contributed by atoms with Crippen molar-refractivity contribution in [2.24, 2.45) is 0 Å². The third-order valence-corrected chi connectivity index (χ3v) is 4.56. The maximum absolute atomic E-state index is 12.6. The Morgan fingerprint density at radius 3 is 2.39 bits per heavy atom. The first kappa shape index (κ1) is 15.8. The summed E-state index contributed by atoms with van der Waals surface area (Å²) in [4.78, 5) is 41.3. The second-order valence-electron chi connectivity index (χ2n) is 5.82. The number of imide groups is 1. The normalized spacial score (nSPS) is 21.5. The van der Waals surface area contributed by atoms with E-state index in [1.54, 1.807) is 36.1 Å². The molecule has 23 heavy (non-hydrogen) atoms. The van der Waals surface area contributed by atoms with Gasteiger partial charge in [-0.3, -0.25) is 19.4 Å². The van der Waals surface area contributed by atoms with Crippen LogP contribution < -0.4 is 4.90 Å². The Balaban J connectivity index is 1.77. The van der Waals surface area contributed by atoms with Gasteiger partial charge in [0.15, 0.2) is 0 Å². The second kappa shape index (κ2) is 6.20. The van der Waals surface area contributed by atoms with Crippen LogP contribution in [0.15, 0.2) is 24.3 Å². The maximum Gasteiger partial charge on any atom is 0.332 e. The fraction of sp³-hybridized carbons (Fsp3) is 0.438. The first-order chi connectivity index (χ1) is 11.0. The zero-order valence-electron chi connectivity index (χ0n) is 12.9. The number of rotatable bonds is 3. The van der Waals surface area contributed by atoms with Crippen molar-refractivity contribution in [3.05, 3.63) is 29.3 Å². The summed E-state index contributed by atoms with van der Waals surface area (Å²) in [6.07, 6.45) is 1.95. The molecule has 0 radical (unpaired) electrons. The maximum atomic E-state index is 12.6. The molecule has 0 saturated carbocycles. The first-order valence-electron chi connectivity index (χ1n) is 7.67. The molecule has 1 aromatic rings. The summed E-state index contributed by atoms with van der Waals surface area (Å²) in [5.74, 6) is -0.521. The minimum Gasteiger partial charge on any atom is -0.341 e. The van der Waals surface area contributed by atoms with Crippen molar-refractivity contribution < 1.29 is 14.4 Å². The number of carbonyl (C=O) groups excluding carboxylic acids is 3. The second-order valence-corrected chi connectivity index (χ2v) is 6.25. The molecule has 1 atom stereocenters. The van der Waals surface area contributed by atoms with Crippen molar-refractivity contribution in [1.82, 2.24) is 9.80 Å². The summed E-state index contributed by atoms with van der Waals surface area (Å²) < 4.78 is 0. The number of hydrogen-bond acceptors (Lipinski definition) is 3. The molecule has 2 aliphatic heterocycles. The van der Waals surface area contributed by atoms with Crippen molar-refractivity contribution in [3.8, 4) is 0 Å². The fourth-order valence-electron chi connectivity index (χ4n) is 3.01. The van der Waals surface area contributed by atoms with Gasteiger partial charge in [0.1, 0.15) is 12.6 Å². The van der Waals surface area contributed by atoms with E-state index in [0.717, 1.165) is 17.7 Å². The molecular formula is C16H18ClN3O3. The van der Waals surface area contributed by atoms with E-state index in [2.05, 4.69) is 0 Å². The largest absolute Gasteiger partial charge is 0.341 e. The number of likely N-dealkylation sites (tertiary alicyclic amines) is 1. The minimum absolute atomic E-state index is 0.172. The molecule has 122 valence electrons. The topological polar surface area (TPSA) is 60.9 Å². The molecule has 2 fully saturated rings.